The number of nitrogens with one attached hydrogen (secondary N) is 1. The Bertz CT molecular complexity index is 969. The van der Waals surface area contributed by atoms with Gasteiger partial charge in [-0.2, -0.15) is 0 Å². The molecule has 0 unspecified atom stereocenters. The van der Waals surface area contributed by atoms with Crippen LogP contribution >= 0.6 is 27.5 Å². The zero-order valence-corrected chi connectivity index (χ0v) is 19.9. The number of benzene rings is 2. The van der Waals surface area contributed by atoms with E-state index in [2.05, 4.69) is 21.2 Å². The van der Waals surface area contributed by atoms with Crippen LogP contribution in [-0.2, 0) is 14.3 Å². The topological polar surface area (TPSA) is 105 Å². The van der Waals surface area contributed by atoms with Crippen LogP contribution in [0, 0.1) is 0 Å². The highest BCUT2D eigenvalue weighted by Gasteiger charge is 2.41. The van der Waals surface area contributed by atoms with E-state index >= 15 is 0 Å². The minimum Gasteiger partial charge on any atom is -0.480 e. The lowest BCUT2D eigenvalue weighted by Crippen LogP contribution is -2.51. The summed E-state index contributed by atoms with van der Waals surface area (Å²) in [5.74, 6) is -0.945. The molecule has 1 saturated heterocycles. The summed E-state index contributed by atoms with van der Waals surface area (Å²) in [6.07, 6.45) is 0.133. The van der Waals surface area contributed by atoms with Gasteiger partial charge in [-0.25, -0.2) is 4.79 Å². The summed E-state index contributed by atoms with van der Waals surface area (Å²) in [6, 6.07) is 12.7. The van der Waals surface area contributed by atoms with Crippen molar-refractivity contribution in [2.24, 2.45) is 0 Å². The van der Waals surface area contributed by atoms with E-state index in [4.69, 9.17) is 31.3 Å². The molecule has 0 bridgehead atoms. The Hall–Kier alpha value is -2.13. The van der Waals surface area contributed by atoms with Crippen LogP contribution in [0.2, 0.25) is 5.02 Å². The maximum Gasteiger partial charge on any atom is 0.341 e. The van der Waals surface area contributed by atoms with Gasteiger partial charge in [-0.05, 0) is 46.6 Å². The third-order valence-corrected chi connectivity index (χ3v) is 6.18. The first-order valence-corrected chi connectivity index (χ1v) is 11.3. The van der Waals surface area contributed by atoms with Crippen molar-refractivity contribution >= 4 is 39.4 Å². The second-order valence-corrected chi connectivity index (χ2v) is 9.29. The van der Waals surface area contributed by atoms with Crippen LogP contribution in [0.3, 0.4) is 0 Å². The number of hydrogen-bond donors (Lipinski definition) is 3. The number of aliphatic hydroxyl groups is 1. The molecule has 2 aromatic rings. The van der Waals surface area contributed by atoms with Crippen LogP contribution in [0.15, 0.2) is 46.9 Å². The van der Waals surface area contributed by atoms with Crippen molar-refractivity contribution in [3.63, 3.8) is 0 Å². The minimum absolute atomic E-state index is 0.0105. The van der Waals surface area contributed by atoms with Crippen molar-refractivity contribution in [3.05, 3.63) is 63.1 Å². The fourth-order valence-corrected chi connectivity index (χ4v) is 4.54. The molecule has 32 heavy (non-hydrogen) atoms. The molecular weight excluding hydrogens is 502 g/mol. The van der Waals surface area contributed by atoms with E-state index in [0.29, 0.717) is 33.6 Å². The Balaban J connectivity index is 1.97. The van der Waals surface area contributed by atoms with Crippen LogP contribution in [-0.4, -0.2) is 40.8 Å². The highest BCUT2D eigenvalue weighted by atomic mass is 79.9. The van der Waals surface area contributed by atoms with Gasteiger partial charge in [0.2, 0.25) is 5.91 Å². The van der Waals surface area contributed by atoms with Gasteiger partial charge in [0.1, 0.15) is 5.75 Å². The Morgan fingerprint density at radius 2 is 1.91 bits per heavy atom. The molecule has 0 aromatic heterocycles. The Morgan fingerprint density at radius 1 is 1.22 bits per heavy atom. The molecule has 1 amide bonds. The quantitative estimate of drug-likeness (QED) is 0.470. The normalized spacial score (nSPS) is 22.9. The van der Waals surface area contributed by atoms with Crippen LogP contribution in [0.25, 0.3) is 0 Å². The Labute approximate surface area is 199 Å². The van der Waals surface area contributed by atoms with Gasteiger partial charge in [0.15, 0.2) is 6.61 Å². The van der Waals surface area contributed by atoms with Crippen LogP contribution in [0.1, 0.15) is 49.5 Å². The first-order valence-electron chi connectivity index (χ1n) is 10.2. The number of para-hydroxylation sites is 1. The molecular formula is C23H25BrClNO6. The van der Waals surface area contributed by atoms with Gasteiger partial charge in [-0.3, -0.25) is 4.79 Å². The molecule has 172 valence electrons. The molecule has 9 heteroatoms. The fraction of sp³-hybridized carbons (Fsp3) is 0.391. The average Bonchev–Trinajstić information content (AvgIpc) is 2.72. The van der Waals surface area contributed by atoms with E-state index in [1.165, 1.54) is 0 Å². The predicted octanol–water partition coefficient (Wildman–Crippen LogP) is 4.42. The van der Waals surface area contributed by atoms with Crippen molar-refractivity contribution in [2.75, 3.05) is 13.2 Å². The van der Waals surface area contributed by atoms with Crippen molar-refractivity contribution in [1.29, 1.82) is 0 Å². The van der Waals surface area contributed by atoms with Gasteiger partial charge in [-0.15, -0.1) is 0 Å². The molecule has 1 aliphatic rings. The lowest BCUT2D eigenvalue weighted by Gasteiger charge is -2.43. The lowest BCUT2D eigenvalue weighted by atomic mass is 9.81. The number of halogens is 2. The molecule has 1 heterocycles. The third kappa shape index (κ3) is 6.22. The second-order valence-electron chi connectivity index (χ2n) is 8.00. The van der Waals surface area contributed by atoms with Gasteiger partial charge in [0, 0.05) is 35.4 Å². The molecule has 0 radical (unpaired) electrons. The highest BCUT2D eigenvalue weighted by molar-refractivity contribution is 9.10. The van der Waals surface area contributed by atoms with Crippen molar-refractivity contribution in [2.45, 2.75) is 43.9 Å². The number of carboxylic acids is 1. The first kappa shape index (κ1) is 24.5. The number of rotatable bonds is 8. The van der Waals surface area contributed by atoms with Gasteiger partial charge < -0.3 is 25.0 Å². The molecule has 0 aliphatic carbocycles. The lowest BCUT2D eigenvalue weighted by molar-refractivity contribution is -0.139. The molecule has 2 aromatic carbocycles. The SMILES string of the molecule is C[C@]1(NC(=O)CCO)C[C@@H](c2ccc(Cl)cc2)O[C@@H](c2cccc(Br)c2OCC(=O)O)C1. The van der Waals surface area contributed by atoms with Gasteiger partial charge >= 0.3 is 5.97 Å². The minimum atomic E-state index is -1.09. The largest absolute Gasteiger partial charge is 0.480 e. The van der Waals surface area contributed by atoms with E-state index in [0.717, 1.165) is 5.56 Å². The van der Waals surface area contributed by atoms with Crippen molar-refractivity contribution in [3.8, 4) is 5.75 Å². The zero-order valence-electron chi connectivity index (χ0n) is 17.5. The smallest absolute Gasteiger partial charge is 0.341 e. The molecule has 3 atom stereocenters. The van der Waals surface area contributed by atoms with Crippen LogP contribution in [0.5, 0.6) is 5.75 Å². The molecule has 3 rings (SSSR count). The maximum atomic E-state index is 12.3. The summed E-state index contributed by atoms with van der Waals surface area (Å²) < 4.78 is 12.6. The zero-order chi connectivity index (χ0) is 23.3. The van der Waals surface area contributed by atoms with Gasteiger partial charge in [0.05, 0.1) is 23.3 Å². The monoisotopic (exact) mass is 525 g/mol. The molecule has 3 N–H and O–H groups in total. The predicted molar refractivity (Wildman–Crippen MR) is 123 cm³/mol. The van der Waals surface area contributed by atoms with Gasteiger partial charge in [0.25, 0.3) is 0 Å². The number of aliphatic carboxylic acids is 1. The Morgan fingerprint density at radius 3 is 2.56 bits per heavy atom. The van der Waals surface area contributed by atoms with E-state index in [1.807, 2.05) is 31.2 Å². The molecule has 7 nitrogen and oxygen atoms in total. The number of aliphatic hydroxyl groups excluding tert-OH is 1. The van der Waals surface area contributed by atoms with Gasteiger partial charge in [-0.1, -0.05) is 35.9 Å². The summed E-state index contributed by atoms with van der Waals surface area (Å²) >= 11 is 9.48. The van der Waals surface area contributed by atoms with Crippen molar-refractivity contribution in [1.82, 2.24) is 5.32 Å². The van der Waals surface area contributed by atoms with Crippen LogP contribution in [0.4, 0.5) is 0 Å². The number of ether oxygens (including phenoxy) is 2. The number of hydrogen-bond acceptors (Lipinski definition) is 5. The summed E-state index contributed by atoms with van der Waals surface area (Å²) in [7, 11) is 0. The number of carboxylic acid groups (broad SMARTS) is 1. The fourth-order valence-electron chi connectivity index (χ4n) is 3.92. The molecule has 1 aliphatic heterocycles. The summed E-state index contributed by atoms with van der Waals surface area (Å²) in [4.78, 5) is 23.4. The highest BCUT2D eigenvalue weighted by Crippen LogP contribution is 2.47. The molecule has 0 spiro atoms. The summed E-state index contributed by atoms with van der Waals surface area (Å²) in [5.41, 5.74) is 0.956. The molecule has 0 saturated carbocycles. The van der Waals surface area contributed by atoms with Crippen LogP contribution < -0.4 is 10.1 Å². The summed E-state index contributed by atoms with van der Waals surface area (Å²) in [5, 5.41) is 21.8. The number of carbonyl (C=O) groups is 2. The first-order chi connectivity index (χ1) is 15.2. The van der Waals surface area contributed by atoms with E-state index in [9.17, 15) is 9.59 Å². The van der Waals surface area contributed by atoms with E-state index < -0.39 is 24.2 Å². The third-order valence-electron chi connectivity index (χ3n) is 5.31. The average molecular weight is 527 g/mol. The van der Waals surface area contributed by atoms with E-state index in [-0.39, 0.29) is 25.0 Å². The molecule has 1 fully saturated rings. The number of amides is 1. The van der Waals surface area contributed by atoms with E-state index in [1.54, 1.807) is 18.2 Å². The van der Waals surface area contributed by atoms with Crippen molar-refractivity contribution < 1.29 is 29.3 Å². The maximum absolute atomic E-state index is 12.3. The Kier molecular flexibility index (Phi) is 8.16. The number of carbonyl (C=O) groups excluding carboxylic acids is 1. The summed E-state index contributed by atoms with van der Waals surface area (Å²) in [6.45, 7) is 1.21. The standard InChI is InChI=1S/C23H25BrClNO6/c1-23(26-20(28)9-10-27)11-18(14-5-7-15(25)8-6-14)32-19(12-23)16-3-2-4-17(24)22(16)31-13-21(29)30/h2-8,18-19,27H,9-13H2,1H3,(H,26,28)(H,29,30)/t18-,19+,23-/m0/s1. The second kappa shape index (κ2) is 10.7.